The summed E-state index contributed by atoms with van der Waals surface area (Å²) >= 11 is 0. The lowest BCUT2D eigenvalue weighted by molar-refractivity contribution is -0.906. The Bertz CT molecular complexity index is 342. The molecule has 0 amide bonds. The molecule has 178 valence electrons. The SMILES string of the molecule is CCCCCCCCCCCC[N+](C)(C)C(CC)[Si](OCC)(OCC)OCC.[Cl-]. The lowest BCUT2D eigenvalue weighted by atomic mass is 10.1. The van der Waals surface area contributed by atoms with Crippen LogP contribution in [-0.4, -0.2) is 59.4 Å². The third-order valence-electron chi connectivity index (χ3n) is 5.76. The van der Waals surface area contributed by atoms with Gasteiger partial charge < -0.3 is 30.2 Å². The van der Waals surface area contributed by atoms with Crippen molar-refractivity contribution in [3.05, 3.63) is 0 Å². The fourth-order valence-corrected chi connectivity index (χ4v) is 7.87. The molecule has 0 aromatic rings. The molecule has 1 atom stereocenters. The van der Waals surface area contributed by atoms with Crippen molar-refractivity contribution in [2.75, 3.05) is 40.5 Å². The first-order chi connectivity index (χ1) is 13.4. The highest BCUT2D eigenvalue weighted by molar-refractivity contribution is 6.62. The lowest BCUT2D eigenvalue weighted by Crippen LogP contribution is -3.00. The minimum Gasteiger partial charge on any atom is -1.00 e. The van der Waals surface area contributed by atoms with Gasteiger partial charge in [-0.3, -0.25) is 0 Å². The quantitative estimate of drug-likeness (QED) is 0.161. The van der Waals surface area contributed by atoms with E-state index >= 15 is 0 Å². The van der Waals surface area contributed by atoms with Crippen molar-refractivity contribution in [1.82, 2.24) is 0 Å². The number of halogens is 1. The molecule has 0 spiro atoms. The van der Waals surface area contributed by atoms with E-state index in [2.05, 4.69) is 48.7 Å². The molecule has 0 radical (unpaired) electrons. The van der Waals surface area contributed by atoms with Crippen LogP contribution in [0.5, 0.6) is 0 Å². The Morgan fingerprint density at radius 1 is 0.621 bits per heavy atom. The molecule has 0 aliphatic carbocycles. The molecule has 0 aromatic carbocycles. The zero-order valence-corrected chi connectivity index (χ0v) is 22.5. The highest BCUT2D eigenvalue weighted by atomic mass is 35.5. The van der Waals surface area contributed by atoms with Crippen molar-refractivity contribution in [1.29, 1.82) is 0 Å². The van der Waals surface area contributed by atoms with Gasteiger partial charge in [0, 0.05) is 26.2 Å². The highest BCUT2D eigenvalue weighted by Crippen LogP contribution is 2.27. The molecule has 0 bridgehead atoms. The van der Waals surface area contributed by atoms with Crippen LogP contribution in [0.2, 0.25) is 0 Å². The summed E-state index contributed by atoms with van der Waals surface area (Å²) in [5.74, 6) is 0. The van der Waals surface area contributed by atoms with E-state index < -0.39 is 8.80 Å². The van der Waals surface area contributed by atoms with Gasteiger partial charge in [-0.05, 0) is 33.6 Å². The van der Waals surface area contributed by atoms with Crippen LogP contribution in [0.15, 0.2) is 0 Å². The first kappa shape index (κ1) is 31.5. The van der Waals surface area contributed by atoms with E-state index in [0.29, 0.717) is 25.5 Å². The lowest BCUT2D eigenvalue weighted by Gasteiger charge is -2.44. The molecule has 0 saturated heterocycles. The second kappa shape index (κ2) is 19.1. The van der Waals surface area contributed by atoms with Gasteiger partial charge in [-0.2, -0.15) is 0 Å². The summed E-state index contributed by atoms with van der Waals surface area (Å²) in [7, 11) is 1.98. The van der Waals surface area contributed by atoms with Gasteiger partial charge in [0.05, 0.1) is 20.6 Å². The van der Waals surface area contributed by atoms with Crippen molar-refractivity contribution in [2.45, 2.75) is 111 Å². The third kappa shape index (κ3) is 12.7. The second-order valence-electron chi connectivity index (χ2n) is 8.51. The van der Waals surface area contributed by atoms with Crippen molar-refractivity contribution in [3.63, 3.8) is 0 Å². The zero-order valence-electron chi connectivity index (χ0n) is 20.7. The fourth-order valence-electron chi connectivity index (χ4n) is 4.35. The molecule has 0 aliphatic rings. The Morgan fingerprint density at radius 3 is 1.34 bits per heavy atom. The summed E-state index contributed by atoms with van der Waals surface area (Å²) in [6.45, 7) is 13.8. The summed E-state index contributed by atoms with van der Waals surface area (Å²) in [4.78, 5) is 0. The van der Waals surface area contributed by atoms with Crippen LogP contribution in [0.25, 0.3) is 0 Å². The zero-order chi connectivity index (χ0) is 21.3. The maximum absolute atomic E-state index is 6.23. The second-order valence-corrected chi connectivity index (χ2v) is 11.3. The molecule has 0 fully saturated rings. The van der Waals surface area contributed by atoms with Crippen LogP contribution in [0.1, 0.15) is 105 Å². The maximum atomic E-state index is 6.23. The first-order valence-corrected chi connectivity index (χ1v) is 14.0. The van der Waals surface area contributed by atoms with Crippen LogP contribution >= 0.6 is 0 Å². The van der Waals surface area contributed by atoms with Crippen LogP contribution < -0.4 is 12.4 Å². The summed E-state index contributed by atoms with van der Waals surface area (Å²) in [6.07, 6.45) is 14.8. The van der Waals surface area contributed by atoms with Gasteiger partial charge in [0.1, 0.15) is 0 Å². The molecule has 4 nitrogen and oxygen atoms in total. The number of nitrogens with zero attached hydrogens (tertiary/aromatic N) is 1. The van der Waals surface area contributed by atoms with Gasteiger partial charge in [-0.15, -0.1) is 0 Å². The summed E-state index contributed by atoms with van der Waals surface area (Å²) < 4.78 is 19.6. The molecule has 0 aromatic heterocycles. The van der Waals surface area contributed by atoms with Gasteiger partial charge in [0.15, 0.2) is 5.67 Å². The molecule has 6 heteroatoms. The minimum absolute atomic E-state index is 0. The molecule has 0 heterocycles. The van der Waals surface area contributed by atoms with Gasteiger partial charge in [-0.25, -0.2) is 0 Å². The summed E-state index contributed by atoms with van der Waals surface area (Å²) in [5, 5.41) is 0. The Balaban J connectivity index is 0. The van der Waals surface area contributed by atoms with Gasteiger partial charge >= 0.3 is 8.80 Å². The Kier molecular flexibility index (Phi) is 20.7. The highest BCUT2D eigenvalue weighted by Gasteiger charge is 2.56. The van der Waals surface area contributed by atoms with E-state index in [1.807, 2.05) is 0 Å². The van der Waals surface area contributed by atoms with E-state index in [1.54, 1.807) is 0 Å². The standard InChI is InChI=1S/C23H52NO3Si.ClH/c1-8-13-14-15-16-17-18-19-20-21-22-24(6,7)23(9-2)28(25-10-3,26-11-4)27-12-5;/h23H,8-22H2,1-7H3;1H/q+1;/p-1. The summed E-state index contributed by atoms with van der Waals surface area (Å²) in [5.41, 5.74) is 0.297. The normalized spacial score (nSPS) is 13.3. The topological polar surface area (TPSA) is 27.7 Å². The Hall–Kier alpha value is 0.347. The van der Waals surface area contributed by atoms with Crippen molar-refractivity contribution in [2.24, 2.45) is 0 Å². The monoisotopic (exact) mass is 453 g/mol. The minimum atomic E-state index is -2.69. The third-order valence-corrected chi connectivity index (χ3v) is 9.76. The molecular weight excluding hydrogens is 402 g/mol. The van der Waals surface area contributed by atoms with Crippen molar-refractivity contribution in [3.8, 4) is 0 Å². The van der Waals surface area contributed by atoms with E-state index in [-0.39, 0.29) is 12.4 Å². The molecule has 0 saturated carbocycles. The molecule has 0 aliphatic heterocycles. The summed E-state index contributed by atoms with van der Waals surface area (Å²) in [6, 6.07) is 0. The molecule has 29 heavy (non-hydrogen) atoms. The number of rotatable bonds is 20. The predicted molar refractivity (Wildman–Crippen MR) is 124 cm³/mol. The Labute approximate surface area is 190 Å². The van der Waals surface area contributed by atoms with Crippen LogP contribution in [0.3, 0.4) is 0 Å². The molecule has 0 rings (SSSR count). The van der Waals surface area contributed by atoms with E-state index in [4.69, 9.17) is 13.3 Å². The predicted octanol–water partition coefficient (Wildman–Crippen LogP) is 3.35. The van der Waals surface area contributed by atoms with E-state index in [0.717, 1.165) is 17.4 Å². The van der Waals surface area contributed by atoms with Gasteiger partial charge in [-0.1, -0.05) is 65.2 Å². The Morgan fingerprint density at radius 2 is 1.00 bits per heavy atom. The van der Waals surface area contributed by atoms with Crippen LogP contribution in [0, 0.1) is 0 Å². The number of hydrogen-bond acceptors (Lipinski definition) is 3. The number of quaternary nitrogens is 1. The molecule has 0 N–H and O–H groups in total. The van der Waals surface area contributed by atoms with Crippen molar-refractivity contribution >= 4 is 8.80 Å². The first-order valence-electron chi connectivity index (χ1n) is 12.2. The van der Waals surface area contributed by atoms with Crippen LogP contribution in [-0.2, 0) is 13.3 Å². The molecule has 1 unspecified atom stereocenters. The van der Waals surface area contributed by atoms with Gasteiger partial charge in [0.25, 0.3) is 0 Å². The van der Waals surface area contributed by atoms with Gasteiger partial charge in [0.2, 0.25) is 0 Å². The maximum Gasteiger partial charge on any atom is 0.562 e. The average Bonchev–Trinajstić information content (AvgIpc) is 2.64. The molecular formula is C23H52ClNO3Si. The smallest absolute Gasteiger partial charge is 0.562 e. The number of unbranched alkanes of at least 4 members (excludes halogenated alkanes) is 9. The number of hydrogen-bond donors (Lipinski definition) is 0. The average molecular weight is 454 g/mol. The fraction of sp³-hybridized carbons (Fsp3) is 1.00. The van der Waals surface area contributed by atoms with Crippen molar-refractivity contribution < 1.29 is 30.2 Å². The van der Waals surface area contributed by atoms with E-state index in [1.165, 1.54) is 64.2 Å². The largest absolute Gasteiger partial charge is 1.00 e. The van der Waals surface area contributed by atoms with Crippen LogP contribution in [0.4, 0.5) is 0 Å². The van der Waals surface area contributed by atoms with E-state index in [9.17, 15) is 0 Å².